The smallest absolute Gasteiger partial charge is 0.243 e. The summed E-state index contributed by atoms with van der Waals surface area (Å²) in [5.41, 5.74) is 5.45. The number of aromatic nitrogens is 3. The SMILES string of the molecule is CC(C)(CC(N)=O)Nc1nc2ccc(Br)cn2n1. The zero-order valence-corrected chi connectivity index (χ0v) is 11.7. The summed E-state index contributed by atoms with van der Waals surface area (Å²) in [6.07, 6.45) is 2.03. The Kier molecular flexibility index (Phi) is 3.25. The predicted octanol–water partition coefficient (Wildman–Crippen LogP) is 1.56. The Balaban J connectivity index is 2.24. The molecule has 1 amide bonds. The molecule has 0 aromatic carbocycles. The summed E-state index contributed by atoms with van der Waals surface area (Å²) in [4.78, 5) is 15.3. The highest BCUT2D eigenvalue weighted by molar-refractivity contribution is 9.10. The van der Waals surface area contributed by atoms with Gasteiger partial charge in [0.1, 0.15) is 0 Å². The summed E-state index contributed by atoms with van der Waals surface area (Å²) >= 11 is 3.37. The Morgan fingerprint density at radius 1 is 1.56 bits per heavy atom. The molecule has 0 atom stereocenters. The van der Waals surface area contributed by atoms with Crippen LogP contribution in [0.5, 0.6) is 0 Å². The highest BCUT2D eigenvalue weighted by Gasteiger charge is 2.22. The number of hydrogen-bond acceptors (Lipinski definition) is 4. The van der Waals surface area contributed by atoms with Crippen LogP contribution in [0.25, 0.3) is 5.65 Å². The lowest BCUT2D eigenvalue weighted by molar-refractivity contribution is -0.118. The van der Waals surface area contributed by atoms with Crippen LogP contribution in [-0.4, -0.2) is 26.0 Å². The average molecular weight is 312 g/mol. The first-order valence-corrected chi connectivity index (χ1v) is 6.23. The molecule has 0 bridgehead atoms. The molecule has 2 rings (SSSR count). The fourth-order valence-electron chi connectivity index (χ4n) is 1.69. The number of amides is 1. The van der Waals surface area contributed by atoms with Gasteiger partial charge in [-0.1, -0.05) is 0 Å². The van der Waals surface area contributed by atoms with E-state index in [1.165, 1.54) is 0 Å². The predicted molar refractivity (Wildman–Crippen MR) is 72.2 cm³/mol. The van der Waals surface area contributed by atoms with Gasteiger partial charge >= 0.3 is 0 Å². The van der Waals surface area contributed by atoms with Crippen LogP contribution in [0.3, 0.4) is 0 Å². The van der Waals surface area contributed by atoms with Gasteiger partial charge in [0.15, 0.2) is 5.65 Å². The molecule has 96 valence electrons. The lowest BCUT2D eigenvalue weighted by Gasteiger charge is -2.23. The lowest BCUT2D eigenvalue weighted by Crippen LogP contribution is -2.36. The number of fused-ring (bicyclic) bond motifs is 1. The quantitative estimate of drug-likeness (QED) is 0.897. The Morgan fingerprint density at radius 3 is 2.94 bits per heavy atom. The van der Waals surface area contributed by atoms with Gasteiger partial charge in [0.2, 0.25) is 11.9 Å². The van der Waals surface area contributed by atoms with Crippen molar-refractivity contribution in [3.05, 3.63) is 22.8 Å². The van der Waals surface area contributed by atoms with Crippen molar-refractivity contribution in [3.63, 3.8) is 0 Å². The first kappa shape index (κ1) is 12.8. The third-order valence-electron chi connectivity index (χ3n) is 2.36. The van der Waals surface area contributed by atoms with Gasteiger partial charge in [0.25, 0.3) is 0 Å². The fourth-order valence-corrected chi connectivity index (χ4v) is 2.02. The molecule has 0 fully saturated rings. The van der Waals surface area contributed by atoms with E-state index < -0.39 is 5.54 Å². The van der Waals surface area contributed by atoms with Gasteiger partial charge in [0.05, 0.1) is 0 Å². The van der Waals surface area contributed by atoms with E-state index >= 15 is 0 Å². The summed E-state index contributed by atoms with van der Waals surface area (Å²) in [5, 5.41) is 7.38. The van der Waals surface area contributed by atoms with Gasteiger partial charge in [-0.25, -0.2) is 4.52 Å². The van der Waals surface area contributed by atoms with Crippen molar-refractivity contribution in [2.24, 2.45) is 5.73 Å². The monoisotopic (exact) mass is 311 g/mol. The Morgan fingerprint density at radius 2 is 2.28 bits per heavy atom. The zero-order valence-electron chi connectivity index (χ0n) is 10.1. The van der Waals surface area contributed by atoms with Crippen LogP contribution in [0.2, 0.25) is 0 Å². The van der Waals surface area contributed by atoms with Crippen LogP contribution < -0.4 is 11.1 Å². The second kappa shape index (κ2) is 4.56. The van der Waals surface area contributed by atoms with Crippen LogP contribution in [0.15, 0.2) is 22.8 Å². The molecule has 2 heterocycles. The first-order valence-electron chi connectivity index (χ1n) is 5.44. The number of carbonyl (C=O) groups excluding carboxylic acids is 1. The van der Waals surface area contributed by atoms with Crippen molar-refractivity contribution in [3.8, 4) is 0 Å². The van der Waals surface area contributed by atoms with Crippen LogP contribution in [-0.2, 0) is 4.79 Å². The maximum absolute atomic E-state index is 11.0. The number of carbonyl (C=O) groups is 1. The molecule has 0 aliphatic rings. The largest absolute Gasteiger partial charge is 0.370 e. The average Bonchev–Trinajstić information content (AvgIpc) is 2.55. The molecule has 6 nitrogen and oxygen atoms in total. The van der Waals surface area contributed by atoms with Crippen molar-refractivity contribution in [2.75, 3.05) is 5.32 Å². The molecule has 0 saturated carbocycles. The first-order chi connectivity index (χ1) is 8.35. The van der Waals surface area contributed by atoms with Crippen molar-refractivity contribution in [2.45, 2.75) is 25.8 Å². The molecule has 3 N–H and O–H groups in total. The second-order valence-electron chi connectivity index (χ2n) is 4.74. The van der Waals surface area contributed by atoms with E-state index in [-0.39, 0.29) is 12.3 Å². The van der Waals surface area contributed by atoms with Crippen LogP contribution >= 0.6 is 15.9 Å². The maximum Gasteiger partial charge on any atom is 0.243 e. The highest BCUT2D eigenvalue weighted by atomic mass is 79.9. The normalized spacial score (nSPS) is 11.7. The van der Waals surface area contributed by atoms with Gasteiger partial charge in [-0.05, 0) is 41.9 Å². The number of nitrogens with two attached hydrogens (primary N) is 1. The minimum Gasteiger partial charge on any atom is -0.370 e. The summed E-state index contributed by atoms with van der Waals surface area (Å²) in [7, 11) is 0. The minimum absolute atomic E-state index is 0.215. The molecule has 0 saturated heterocycles. The highest BCUT2D eigenvalue weighted by Crippen LogP contribution is 2.17. The molecule has 0 radical (unpaired) electrons. The van der Waals surface area contributed by atoms with Gasteiger partial charge < -0.3 is 11.1 Å². The number of hydrogen-bond donors (Lipinski definition) is 2. The minimum atomic E-state index is -0.478. The van der Waals surface area contributed by atoms with E-state index in [1.54, 1.807) is 4.52 Å². The van der Waals surface area contributed by atoms with E-state index in [9.17, 15) is 4.79 Å². The standard InChI is InChI=1S/C11H14BrN5O/c1-11(2,5-8(13)18)15-10-14-9-4-3-7(12)6-17(9)16-10/h3-4,6H,5H2,1-2H3,(H2,13,18)(H,15,16). The van der Waals surface area contributed by atoms with Gasteiger partial charge in [-0.15, -0.1) is 5.10 Å². The molecule has 18 heavy (non-hydrogen) atoms. The van der Waals surface area contributed by atoms with Crippen molar-refractivity contribution in [1.82, 2.24) is 14.6 Å². The third-order valence-corrected chi connectivity index (χ3v) is 2.83. The summed E-state index contributed by atoms with van der Waals surface area (Å²) in [6.45, 7) is 3.75. The Bertz CT molecular complexity index is 592. The van der Waals surface area contributed by atoms with Crippen LogP contribution in [0.1, 0.15) is 20.3 Å². The topological polar surface area (TPSA) is 85.3 Å². The molecule has 2 aromatic heterocycles. The number of nitrogens with zero attached hydrogens (tertiary/aromatic N) is 3. The van der Waals surface area contributed by atoms with Gasteiger partial charge in [-0.2, -0.15) is 4.98 Å². The number of nitrogens with one attached hydrogen (secondary N) is 1. The fraction of sp³-hybridized carbons (Fsp3) is 0.364. The van der Waals surface area contributed by atoms with Crippen LogP contribution in [0, 0.1) is 0 Å². The summed E-state index contributed by atoms with van der Waals surface area (Å²) in [6, 6.07) is 3.74. The lowest BCUT2D eigenvalue weighted by atomic mass is 10.0. The molecule has 7 heteroatoms. The number of halogens is 1. The van der Waals surface area contributed by atoms with Crippen molar-refractivity contribution < 1.29 is 4.79 Å². The summed E-state index contributed by atoms with van der Waals surface area (Å²) in [5.74, 6) is 0.110. The maximum atomic E-state index is 11.0. The van der Waals surface area contributed by atoms with E-state index in [2.05, 4.69) is 31.3 Å². The number of pyridine rings is 1. The zero-order chi connectivity index (χ0) is 13.3. The number of primary amides is 1. The molecule has 0 spiro atoms. The Hall–Kier alpha value is -1.63. The molecular weight excluding hydrogens is 298 g/mol. The third kappa shape index (κ3) is 2.98. The van der Waals surface area contributed by atoms with E-state index in [4.69, 9.17) is 5.73 Å². The van der Waals surface area contributed by atoms with Gasteiger partial charge in [0, 0.05) is 22.6 Å². The molecule has 0 aliphatic heterocycles. The molecule has 0 unspecified atom stereocenters. The number of rotatable bonds is 4. The Labute approximate surface area is 113 Å². The van der Waals surface area contributed by atoms with Crippen LogP contribution in [0.4, 0.5) is 5.95 Å². The van der Waals surface area contributed by atoms with Crippen molar-refractivity contribution in [1.29, 1.82) is 0 Å². The number of anilines is 1. The molecular formula is C11H14BrN5O. The molecule has 2 aromatic rings. The molecule has 0 aliphatic carbocycles. The van der Waals surface area contributed by atoms with Crippen molar-refractivity contribution >= 4 is 33.4 Å². The van der Waals surface area contributed by atoms with E-state index in [0.717, 1.165) is 10.1 Å². The second-order valence-corrected chi connectivity index (χ2v) is 5.65. The van der Waals surface area contributed by atoms with E-state index in [1.807, 2.05) is 32.2 Å². The van der Waals surface area contributed by atoms with Gasteiger partial charge in [-0.3, -0.25) is 4.79 Å². The van der Waals surface area contributed by atoms with E-state index in [0.29, 0.717) is 5.95 Å². The summed E-state index contributed by atoms with van der Waals surface area (Å²) < 4.78 is 2.58.